The van der Waals surface area contributed by atoms with E-state index < -0.39 is 0 Å². The van der Waals surface area contributed by atoms with Gasteiger partial charge in [0.1, 0.15) is 0 Å². The van der Waals surface area contributed by atoms with Crippen LogP contribution in [0.2, 0.25) is 0 Å². The zero-order chi connectivity index (χ0) is 13.1. The second kappa shape index (κ2) is 5.05. The van der Waals surface area contributed by atoms with E-state index in [9.17, 15) is 4.79 Å². The summed E-state index contributed by atoms with van der Waals surface area (Å²) < 4.78 is 0. The second-order valence-electron chi connectivity index (χ2n) is 4.40. The van der Waals surface area contributed by atoms with Crippen LogP contribution < -0.4 is 5.73 Å². The molecule has 0 aliphatic carbocycles. The van der Waals surface area contributed by atoms with Crippen LogP contribution in [-0.2, 0) is 6.42 Å². The van der Waals surface area contributed by atoms with Crippen molar-refractivity contribution in [3.63, 3.8) is 0 Å². The summed E-state index contributed by atoms with van der Waals surface area (Å²) >= 11 is 0. The van der Waals surface area contributed by atoms with Crippen molar-refractivity contribution in [1.82, 2.24) is 0 Å². The maximum Gasteiger partial charge on any atom is 0.193 e. The third-order valence-corrected chi connectivity index (χ3v) is 3.24. The van der Waals surface area contributed by atoms with Gasteiger partial charge in [0.25, 0.3) is 0 Å². The van der Waals surface area contributed by atoms with E-state index >= 15 is 0 Å². The van der Waals surface area contributed by atoms with Crippen LogP contribution in [0.15, 0.2) is 42.5 Å². The van der Waals surface area contributed by atoms with E-state index in [-0.39, 0.29) is 5.78 Å². The molecule has 2 heteroatoms. The van der Waals surface area contributed by atoms with Gasteiger partial charge in [0, 0.05) is 16.8 Å². The van der Waals surface area contributed by atoms with Crippen LogP contribution in [-0.4, -0.2) is 5.78 Å². The van der Waals surface area contributed by atoms with Crippen molar-refractivity contribution in [2.24, 2.45) is 0 Å². The molecule has 0 spiro atoms. The van der Waals surface area contributed by atoms with Crippen molar-refractivity contribution in [3.05, 3.63) is 64.7 Å². The fraction of sp³-hybridized carbons (Fsp3) is 0.188. The summed E-state index contributed by atoms with van der Waals surface area (Å²) in [6.07, 6.45) is 0.978. The zero-order valence-corrected chi connectivity index (χ0v) is 10.7. The molecule has 18 heavy (non-hydrogen) atoms. The van der Waals surface area contributed by atoms with E-state index in [2.05, 4.69) is 6.92 Å². The normalized spacial score (nSPS) is 10.3. The second-order valence-corrected chi connectivity index (χ2v) is 4.40. The maximum absolute atomic E-state index is 12.4. The van der Waals surface area contributed by atoms with Crippen molar-refractivity contribution in [2.75, 3.05) is 5.73 Å². The summed E-state index contributed by atoms with van der Waals surface area (Å²) in [5.41, 5.74) is 9.96. The Bertz CT molecular complexity index is 570. The van der Waals surface area contributed by atoms with E-state index in [1.165, 1.54) is 5.56 Å². The standard InChI is InChI=1S/C16H17NO/c1-3-12-7-9-13(10-8-12)16(18)14-5-4-6-15(17)11(14)2/h4-10H,3,17H2,1-2H3. The van der Waals surface area contributed by atoms with E-state index in [4.69, 9.17) is 5.73 Å². The van der Waals surface area contributed by atoms with Gasteiger partial charge in [-0.2, -0.15) is 0 Å². The van der Waals surface area contributed by atoms with E-state index in [0.717, 1.165) is 12.0 Å². The van der Waals surface area contributed by atoms with Crippen molar-refractivity contribution < 1.29 is 4.79 Å². The SMILES string of the molecule is CCc1ccc(C(=O)c2cccc(N)c2C)cc1. The lowest BCUT2D eigenvalue weighted by atomic mass is 9.97. The van der Waals surface area contributed by atoms with Gasteiger partial charge in [0.2, 0.25) is 0 Å². The Labute approximate surface area is 107 Å². The predicted molar refractivity (Wildman–Crippen MR) is 74.8 cm³/mol. The Morgan fingerprint density at radius 2 is 1.78 bits per heavy atom. The van der Waals surface area contributed by atoms with E-state index in [1.54, 1.807) is 0 Å². The Hall–Kier alpha value is -2.09. The number of aryl methyl sites for hydroxylation is 1. The maximum atomic E-state index is 12.4. The summed E-state index contributed by atoms with van der Waals surface area (Å²) in [7, 11) is 0. The molecule has 0 saturated carbocycles. The molecule has 2 nitrogen and oxygen atoms in total. The quantitative estimate of drug-likeness (QED) is 0.659. The van der Waals surface area contributed by atoms with Gasteiger partial charge in [0.15, 0.2) is 5.78 Å². The minimum atomic E-state index is 0.0300. The highest BCUT2D eigenvalue weighted by Gasteiger charge is 2.12. The van der Waals surface area contributed by atoms with Gasteiger partial charge < -0.3 is 5.73 Å². The first-order chi connectivity index (χ1) is 8.63. The Morgan fingerprint density at radius 1 is 1.11 bits per heavy atom. The number of ketones is 1. The number of nitrogens with two attached hydrogens (primary N) is 1. The molecule has 0 unspecified atom stereocenters. The van der Waals surface area contributed by atoms with Crippen LogP contribution in [0, 0.1) is 6.92 Å². The van der Waals surface area contributed by atoms with Crippen LogP contribution in [0.25, 0.3) is 0 Å². The molecule has 2 N–H and O–H groups in total. The van der Waals surface area contributed by atoms with Crippen LogP contribution in [0.4, 0.5) is 5.69 Å². The molecule has 0 bridgehead atoms. The monoisotopic (exact) mass is 239 g/mol. The third-order valence-electron chi connectivity index (χ3n) is 3.24. The van der Waals surface area contributed by atoms with Crippen LogP contribution in [0.5, 0.6) is 0 Å². The molecule has 0 radical (unpaired) electrons. The van der Waals surface area contributed by atoms with Crippen molar-refractivity contribution in [1.29, 1.82) is 0 Å². The third kappa shape index (κ3) is 2.28. The number of carbonyl (C=O) groups is 1. The van der Waals surface area contributed by atoms with Crippen molar-refractivity contribution in [3.8, 4) is 0 Å². The fourth-order valence-corrected chi connectivity index (χ4v) is 1.95. The zero-order valence-electron chi connectivity index (χ0n) is 10.7. The molecular formula is C16H17NO. The molecule has 0 fully saturated rings. The first-order valence-electron chi connectivity index (χ1n) is 6.12. The van der Waals surface area contributed by atoms with Gasteiger partial charge in [-0.1, -0.05) is 43.3 Å². The minimum Gasteiger partial charge on any atom is -0.398 e. The summed E-state index contributed by atoms with van der Waals surface area (Å²) in [5, 5.41) is 0. The van der Waals surface area contributed by atoms with E-state index in [0.29, 0.717) is 16.8 Å². The summed E-state index contributed by atoms with van der Waals surface area (Å²) in [6.45, 7) is 3.97. The highest BCUT2D eigenvalue weighted by molar-refractivity contribution is 6.10. The molecule has 2 aromatic rings. The molecule has 0 amide bonds. The first-order valence-corrected chi connectivity index (χ1v) is 6.12. The number of anilines is 1. The number of carbonyl (C=O) groups excluding carboxylic acids is 1. The molecule has 0 aromatic heterocycles. The lowest BCUT2D eigenvalue weighted by Crippen LogP contribution is -2.05. The molecule has 0 heterocycles. The van der Waals surface area contributed by atoms with Gasteiger partial charge in [-0.3, -0.25) is 4.79 Å². The number of hydrogen-bond acceptors (Lipinski definition) is 2. The van der Waals surface area contributed by atoms with Crippen molar-refractivity contribution in [2.45, 2.75) is 20.3 Å². The Balaban J connectivity index is 2.38. The molecule has 2 rings (SSSR count). The van der Waals surface area contributed by atoms with Crippen molar-refractivity contribution >= 4 is 11.5 Å². The number of benzene rings is 2. The summed E-state index contributed by atoms with van der Waals surface area (Å²) in [5.74, 6) is 0.0300. The van der Waals surface area contributed by atoms with Gasteiger partial charge >= 0.3 is 0 Å². The average molecular weight is 239 g/mol. The Morgan fingerprint density at radius 3 is 2.39 bits per heavy atom. The largest absolute Gasteiger partial charge is 0.398 e. The highest BCUT2D eigenvalue weighted by atomic mass is 16.1. The topological polar surface area (TPSA) is 43.1 Å². The van der Waals surface area contributed by atoms with Gasteiger partial charge in [-0.05, 0) is 30.5 Å². The molecule has 2 aromatic carbocycles. The van der Waals surface area contributed by atoms with Gasteiger partial charge in [0.05, 0.1) is 0 Å². The van der Waals surface area contributed by atoms with E-state index in [1.807, 2.05) is 49.4 Å². The summed E-state index contributed by atoms with van der Waals surface area (Å²) in [4.78, 5) is 12.4. The molecule has 0 atom stereocenters. The van der Waals surface area contributed by atoms with Crippen LogP contribution in [0.1, 0.15) is 34.0 Å². The predicted octanol–water partition coefficient (Wildman–Crippen LogP) is 3.37. The van der Waals surface area contributed by atoms with Gasteiger partial charge in [-0.25, -0.2) is 0 Å². The Kier molecular flexibility index (Phi) is 3.47. The molecule has 0 aliphatic heterocycles. The molecular weight excluding hydrogens is 222 g/mol. The molecule has 0 aliphatic rings. The molecule has 92 valence electrons. The lowest BCUT2D eigenvalue weighted by Gasteiger charge is -2.07. The first kappa shape index (κ1) is 12.4. The molecule has 0 saturated heterocycles. The van der Waals surface area contributed by atoms with Crippen LogP contribution >= 0.6 is 0 Å². The number of nitrogen functional groups attached to an aromatic ring is 1. The van der Waals surface area contributed by atoms with Gasteiger partial charge in [-0.15, -0.1) is 0 Å². The average Bonchev–Trinajstić information content (AvgIpc) is 2.41. The number of hydrogen-bond donors (Lipinski definition) is 1. The highest BCUT2D eigenvalue weighted by Crippen LogP contribution is 2.19. The fourth-order valence-electron chi connectivity index (χ4n) is 1.95. The lowest BCUT2D eigenvalue weighted by molar-refractivity contribution is 0.103. The minimum absolute atomic E-state index is 0.0300. The smallest absolute Gasteiger partial charge is 0.193 e. The number of rotatable bonds is 3. The summed E-state index contributed by atoms with van der Waals surface area (Å²) in [6, 6.07) is 13.2. The van der Waals surface area contributed by atoms with Crippen LogP contribution in [0.3, 0.4) is 0 Å².